The number of rotatable bonds is 10. The Labute approximate surface area is 250 Å². The van der Waals surface area contributed by atoms with E-state index in [-0.39, 0.29) is 29.0 Å². The van der Waals surface area contributed by atoms with E-state index in [0.717, 1.165) is 42.0 Å². The SMILES string of the molecule is Nc1c(C(=O)c2ccc(F)cc2)ccc(=O)n1-c1c(F)cc(OC2CCC(N[C@@H](Cc3ccccc3)C(=O)O)CC2)cc1F. The van der Waals surface area contributed by atoms with Crippen molar-refractivity contribution in [1.29, 1.82) is 0 Å². The number of hydrogen-bond donors (Lipinski definition) is 3. The number of hydrogen-bond acceptors (Lipinski definition) is 6. The van der Waals surface area contributed by atoms with Crippen molar-refractivity contribution in [3.63, 3.8) is 0 Å². The minimum atomic E-state index is -1.12. The first kappa shape index (κ1) is 30.6. The fourth-order valence-corrected chi connectivity index (χ4v) is 5.45. The number of nitrogens with two attached hydrogens (primary N) is 1. The van der Waals surface area contributed by atoms with Crippen molar-refractivity contribution in [3.8, 4) is 11.4 Å². The average Bonchev–Trinajstić information content (AvgIpc) is 2.99. The van der Waals surface area contributed by atoms with Gasteiger partial charge in [0.2, 0.25) is 0 Å². The number of halogens is 3. The molecule has 4 aromatic rings. The lowest BCUT2D eigenvalue weighted by Crippen LogP contribution is -2.46. The highest BCUT2D eigenvalue weighted by molar-refractivity contribution is 6.11. The lowest BCUT2D eigenvalue weighted by atomic mass is 9.91. The number of nitrogens with zero attached hydrogens (tertiary/aromatic N) is 1. The molecule has 1 fully saturated rings. The van der Waals surface area contributed by atoms with E-state index in [1.165, 1.54) is 12.1 Å². The summed E-state index contributed by atoms with van der Waals surface area (Å²) in [4.78, 5) is 37.5. The molecule has 0 amide bonds. The molecule has 1 aliphatic carbocycles. The number of benzene rings is 3. The quantitative estimate of drug-likeness (QED) is 0.216. The summed E-state index contributed by atoms with van der Waals surface area (Å²) in [5, 5.41) is 12.9. The van der Waals surface area contributed by atoms with Gasteiger partial charge in [0.15, 0.2) is 17.4 Å². The van der Waals surface area contributed by atoms with Crippen molar-refractivity contribution in [2.45, 2.75) is 50.3 Å². The van der Waals surface area contributed by atoms with E-state index in [4.69, 9.17) is 10.5 Å². The van der Waals surface area contributed by atoms with Crippen LogP contribution in [0.15, 0.2) is 83.7 Å². The van der Waals surface area contributed by atoms with Crippen LogP contribution in [0.2, 0.25) is 0 Å². The molecule has 0 bridgehead atoms. The fourth-order valence-electron chi connectivity index (χ4n) is 5.45. The largest absolute Gasteiger partial charge is 0.490 e. The van der Waals surface area contributed by atoms with Crippen LogP contribution in [0.25, 0.3) is 5.69 Å². The molecule has 4 N–H and O–H groups in total. The van der Waals surface area contributed by atoms with Gasteiger partial charge in [-0.25, -0.2) is 13.2 Å². The van der Waals surface area contributed by atoms with Gasteiger partial charge in [-0.15, -0.1) is 0 Å². The second-order valence-corrected chi connectivity index (χ2v) is 10.7. The van der Waals surface area contributed by atoms with E-state index in [1.54, 1.807) is 0 Å². The van der Waals surface area contributed by atoms with E-state index < -0.39 is 52.3 Å². The van der Waals surface area contributed by atoms with Gasteiger partial charge < -0.3 is 20.9 Å². The highest BCUT2D eigenvalue weighted by Crippen LogP contribution is 2.30. The van der Waals surface area contributed by atoms with Gasteiger partial charge >= 0.3 is 5.97 Å². The number of anilines is 1. The highest BCUT2D eigenvalue weighted by atomic mass is 19.1. The Kier molecular flexibility index (Phi) is 9.15. The number of ketones is 1. The number of ether oxygens (including phenoxy) is 1. The number of nitrogen functional groups attached to an aromatic ring is 1. The minimum Gasteiger partial charge on any atom is -0.490 e. The second-order valence-electron chi connectivity index (χ2n) is 10.7. The first-order valence-electron chi connectivity index (χ1n) is 14.1. The van der Waals surface area contributed by atoms with Crippen molar-refractivity contribution in [2.75, 3.05) is 5.73 Å². The van der Waals surface area contributed by atoms with Gasteiger partial charge in [-0.2, -0.15) is 0 Å². The van der Waals surface area contributed by atoms with Crippen molar-refractivity contribution in [3.05, 3.63) is 123 Å². The molecule has 1 aromatic heterocycles. The van der Waals surface area contributed by atoms with Crippen LogP contribution in [0.1, 0.15) is 47.2 Å². The molecule has 0 aliphatic heterocycles. The molecule has 5 rings (SSSR count). The Bertz CT molecular complexity index is 1700. The topological polar surface area (TPSA) is 124 Å². The third kappa shape index (κ3) is 6.84. The van der Waals surface area contributed by atoms with Crippen molar-refractivity contribution >= 4 is 17.6 Å². The van der Waals surface area contributed by atoms with Crippen LogP contribution in [-0.2, 0) is 11.2 Å². The zero-order chi connectivity index (χ0) is 31.4. The molecule has 1 saturated carbocycles. The van der Waals surface area contributed by atoms with Crippen molar-refractivity contribution < 1.29 is 32.6 Å². The number of carboxylic acid groups (broad SMARTS) is 1. The summed E-state index contributed by atoms with van der Waals surface area (Å²) in [6.07, 6.45) is 2.24. The average molecular weight is 606 g/mol. The standard InChI is InChI=1S/C33H30F3N3O5/c34-21-8-6-20(7-9-21)31(41)25-14-15-29(40)39(32(25)37)30-26(35)17-24(18-27(30)36)44-23-12-10-22(11-13-23)38-28(33(42)43)16-19-4-2-1-3-5-19/h1-9,14-15,17-18,22-23,28,38H,10-13,16,37H2,(H,42,43)/t22?,23?,28-/m0/s1. The van der Waals surface area contributed by atoms with Crippen LogP contribution in [0.4, 0.5) is 19.0 Å². The molecule has 1 aliphatic rings. The Morgan fingerprint density at radius 2 is 1.57 bits per heavy atom. The molecular weight excluding hydrogens is 575 g/mol. The summed E-state index contributed by atoms with van der Waals surface area (Å²) in [7, 11) is 0. The predicted molar refractivity (Wildman–Crippen MR) is 158 cm³/mol. The van der Waals surface area contributed by atoms with Gasteiger partial charge in [-0.3, -0.25) is 19.0 Å². The van der Waals surface area contributed by atoms with Gasteiger partial charge in [0.25, 0.3) is 5.56 Å². The third-order valence-electron chi connectivity index (χ3n) is 7.69. The number of aromatic nitrogens is 1. The Morgan fingerprint density at radius 3 is 2.18 bits per heavy atom. The lowest BCUT2D eigenvalue weighted by molar-refractivity contribution is -0.139. The van der Waals surface area contributed by atoms with Crippen molar-refractivity contribution in [2.24, 2.45) is 0 Å². The maximum absolute atomic E-state index is 15.3. The van der Waals surface area contributed by atoms with Crippen LogP contribution in [-0.4, -0.2) is 39.6 Å². The third-order valence-corrected chi connectivity index (χ3v) is 7.69. The first-order chi connectivity index (χ1) is 21.1. The summed E-state index contributed by atoms with van der Waals surface area (Å²) in [6.45, 7) is 0. The van der Waals surface area contributed by atoms with Crippen molar-refractivity contribution in [1.82, 2.24) is 9.88 Å². The minimum absolute atomic E-state index is 0.0599. The number of nitrogens with one attached hydrogen (secondary N) is 1. The number of carbonyl (C=O) groups excluding carboxylic acids is 1. The van der Waals surface area contributed by atoms with Crippen LogP contribution >= 0.6 is 0 Å². The van der Waals surface area contributed by atoms with Gasteiger partial charge in [0.05, 0.1) is 11.7 Å². The monoisotopic (exact) mass is 605 g/mol. The number of aliphatic carboxylic acids is 1. The Hall–Kier alpha value is -4.90. The molecule has 0 radical (unpaired) electrons. The summed E-state index contributed by atoms with van der Waals surface area (Å²) >= 11 is 0. The maximum atomic E-state index is 15.3. The number of pyridine rings is 1. The molecule has 11 heteroatoms. The van der Waals surface area contributed by atoms with E-state index in [2.05, 4.69) is 5.32 Å². The Morgan fingerprint density at radius 1 is 0.932 bits per heavy atom. The highest BCUT2D eigenvalue weighted by Gasteiger charge is 2.28. The predicted octanol–water partition coefficient (Wildman–Crippen LogP) is 5.04. The smallest absolute Gasteiger partial charge is 0.321 e. The molecule has 0 unspecified atom stereocenters. The van der Waals surface area contributed by atoms with Crippen LogP contribution in [0.3, 0.4) is 0 Å². The molecule has 8 nitrogen and oxygen atoms in total. The molecule has 1 heterocycles. The van der Waals surface area contributed by atoms with Gasteiger partial charge in [-0.1, -0.05) is 30.3 Å². The van der Waals surface area contributed by atoms with Crippen LogP contribution < -0.4 is 21.3 Å². The Balaban J connectivity index is 1.27. The number of carbonyl (C=O) groups is 2. The van der Waals surface area contributed by atoms with Gasteiger partial charge in [0.1, 0.15) is 29.1 Å². The summed E-state index contributed by atoms with van der Waals surface area (Å²) in [5.41, 5.74) is 5.26. The first-order valence-corrected chi connectivity index (χ1v) is 14.1. The summed E-state index contributed by atoms with van der Waals surface area (Å²) in [5.74, 6) is -4.96. The zero-order valence-electron chi connectivity index (χ0n) is 23.5. The van der Waals surface area contributed by atoms with Gasteiger partial charge in [-0.05, 0) is 68.0 Å². The molecule has 3 aromatic carbocycles. The lowest BCUT2D eigenvalue weighted by Gasteiger charge is -2.31. The van der Waals surface area contributed by atoms with Crippen LogP contribution in [0, 0.1) is 17.5 Å². The maximum Gasteiger partial charge on any atom is 0.321 e. The van der Waals surface area contributed by atoms with E-state index >= 15 is 8.78 Å². The van der Waals surface area contributed by atoms with Gasteiger partial charge in [0, 0.05) is 29.8 Å². The normalized spacial score (nSPS) is 17.2. The van der Waals surface area contributed by atoms with E-state index in [1.807, 2.05) is 30.3 Å². The summed E-state index contributed by atoms with van der Waals surface area (Å²) < 4.78 is 50.4. The zero-order valence-corrected chi connectivity index (χ0v) is 23.5. The molecule has 0 saturated heterocycles. The number of carboxylic acids is 1. The van der Waals surface area contributed by atoms with Crippen LogP contribution in [0.5, 0.6) is 5.75 Å². The molecular formula is C33H30F3N3O5. The second kappa shape index (κ2) is 13.2. The molecule has 1 atom stereocenters. The molecule has 44 heavy (non-hydrogen) atoms. The fraction of sp³-hybridized carbons (Fsp3) is 0.242. The summed E-state index contributed by atoms with van der Waals surface area (Å²) in [6, 6.07) is 17.2. The van der Waals surface area contributed by atoms with E-state index in [9.17, 15) is 23.9 Å². The molecule has 0 spiro atoms. The molecule has 228 valence electrons. The van der Waals surface area contributed by atoms with E-state index in [0.29, 0.717) is 36.7 Å².